The molecule has 1 fully saturated rings. The summed E-state index contributed by atoms with van der Waals surface area (Å²) in [5, 5.41) is 19.8. The molecule has 1 heterocycles. The van der Waals surface area contributed by atoms with Crippen LogP contribution in [0.1, 0.15) is 6.92 Å². The molecular weight excluding hydrogens is 205 g/mol. The van der Waals surface area contributed by atoms with E-state index in [0.29, 0.717) is 0 Å². The molecule has 7 heteroatoms. The van der Waals surface area contributed by atoms with Gasteiger partial charge in [0.15, 0.2) is 4.87 Å². The quantitative estimate of drug-likeness (QED) is 0.415. The smallest absolute Gasteiger partial charge is 0.480 e. The van der Waals surface area contributed by atoms with Crippen molar-refractivity contribution >= 4 is 23.7 Å². The van der Waals surface area contributed by atoms with Gasteiger partial charge in [-0.2, -0.15) is 0 Å². The van der Waals surface area contributed by atoms with Gasteiger partial charge >= 0.3 is 41.5 Å². The summed E-state index contributed by atoms with van der Waals surface area (Å²) in [5.74, 6) is -1.75. The average Bonchev–Trinajstić information content (AvgIpc) is 2.33. The second-order valence-corrected chi connectivity index (χ2v) is 4.12. The normalized spacial score (nSPS) is 32.2. The Hall–Kier alpha value is 0.250. The van der Waals surface area contributed by atoms with E-state index >= 15 is 0 Å². The molecule has 1 saturated heterocycles. The van der Waals surface area contributed by atoms with Crippen molar-refractivity contribution in [2.75, 3.05) is 5.75 Å². The van der Waals surface area contributed by atoms with Crippen molar-refractivity contribution in [2.45, 2.75) is 17.8 Å². The average molecular weight is 214 g/mol. The number of thioether (sulfide) groups is 1. The molecule has 13 heavy (non-hydrogen) atoms. The number of carbonyl (C=O) groups is 2. The van der Waals surface area contributed by atoms with Gasteiger partial charge in [-0.25, -0.2) is 4.79 Å². The monoisotopic (exact) mass is 214 g/mol. The van der Waals surface area contributed by atoms with E-state index in [1.807, 2.05) is 0 Å². The summed E-state index contributed by atoms with van der Waals surface area (Å²) in [7, 11) is 0. The van der Waals surface area contributed by atoms with Gasteiger partial charge in [-0.15, -0.1) is 11.8 Å². The Labute approximate surface area is 102 Å². The minimum absolute atomic E-state index is 0. The van der Waals surface area contributed by atoms with Crippen LogP contribution in [0.4, 0.5) is 0 Å². The summed E-state index contributed by atoms with van der Waals surface area (Å²) in [6.45, 7) is 1.46. The second-order valence-electron chi connectivity index (χ2n) is 2.68. The second kappa shape index (κ2) is 4.65. The summed E-state index contributed by atoms with van der Waals surface area (Å²) in [5.41, 5.74) is 0. The molecule has 3 N–H and O–H groups in total. The maximum Gasteiger partial charge on any atom is 1.00 e. The predicted octanol–water partition coefficient (Wildman–Crippen LogP) is -3.42. The molecule has 1 aliphatic heterocycles. The predicted molar refractivity (Wildman–Crippen MR) is 43.1 cm³/mol. The van der Waals surface area contributed by atoms with Gasteiger partial charge in [-0.1, -0.05) is 0 Å². The Bertz CT molecular complexity index is 237. The van der Waals surface area contributed by atoms with Crippen LogP contribution in [0, 0.1) is 0 Å². The molecule has 0 aromatic carbocycles. The summed E-state index contributed by atoms with van der Waals surface area (Å²) in [4.78, 5) is 19.9. The number of hydrogen-bond donors (Lipinski definition) is 3. The van der Waals surface area contributed by atoms with Gasteiger partial charge in [0.25, 0.3) is 0 Å². The van der Waals surface area contributed by atoms with Crippen LogP contribution < -0.4 is 34.9 Å². The van der Waals surface area contributed by atoms with E-state index in [9.17, 15) is 9.59 Å². The van der Waals surface area contributed by atoms with Crippen LogP contribution in [-0.4, -0.2) is 38.8 Å². The van der Waals surface area contributed by atoms with Gasteiger partial charge in [0.1, 0.15) is 6.04 Å². The molecular formula is C6H9NNaO4S+. The zero-order valence-corrected chi connectivity index (χ0v) is 10.2. The van der Waals surface area contributed by atoms with E-state index in [1.54, 1.807) is 0 Å². The Morgan fingerprint density at radius 1 is 1.54 bits per heavy atom. The van der Waals surface area contributed by atoms with Crippen molar-refractivity contribution in [3.63, 3.8) is 0 Å². The van der Waals surface area contributed by atoms with Crippen LogP contribution in [0.2, 0.25) is 0 Å². The topological polar surface area (TPSA) is 86.6 Å². The third-order valence-corrected chi connectivity index (χ3v) is 3.06. The van der Waals surface area contributed by atoms with Crippen LogP contribution >= 0.6 is 11.8 Å². The third-order valence-electron chi connectivity index (χ3n) is 1.69. The maximum atomic E-state index is 10.6. The van der Waals surface area contributed by atoms with Crippen molar-refractivity contribution in [3.05, 3.63) is 0 Å². The summed E-state index contributed by atoms with van der Waals surface area (Å²) < 4.78 is 0. The Morgan fingerprint density at radius 2 is 2.08 bits per heavy atom. The van der Waals surface area contributed by atoms with E-state index in [2.05, 4.69) is 5.32 Å². The van der Waals surface area contributed by atoms with Crippen LogP contribution in [0.25, 0.3) is 0 Å². The first-order valence-corrected chi connectivity index (χ1v) is 4.32. The van der Waals surface area contributed by atoms with Crippen molar-refractivity contribution in [1.29, 1.82) is 0 Å². The van der Waals surface area contributed by atoms with Crippen molar-refractivity contribution < 1.29 is 49.4 Å². The van der Waals surface area contributed by atoms with Crippen LogP contribution in [0.3, 0.4) is 0 Å². The number of aliphatic carboxylic acids is 2. The van der Waals surface area contributed by atoms with E-state index in [4.69, 9.17) is 10.2 Å². The van der Waals surface area contributed by atoms with E-state index in [1.165, 1.54) is 6.92 Å². The summed E-state index contributed by atoms with van der Waals surface area (Å²) >= 11 is 1.10. The van der Waals surface area contributed by atoms with Gasteiger partial charge in [-0.3, -0.25) is 10.1 Å². The van der Waals surface area contributed by atoms with Gasteiger partial charge < -0.3 is 10.2 Å². The van der Waals surface area contributed by atoms with Crippen molar-refractivity contribution in [2.24, 2.45) is 0 Å². The van der Waals surface area contributed by atoms with Crippen molar-refractivity contribution in [3.8, 4) is 0 Å². The Kier molecular flexibility index (Phi) is 4.74. The molecule has 0 radical (unpaired) electrons. The molecule has 0 aromatic rings. The van der Waals surface area contributed by atoms with Crippen molar-refractivity contribution in [1.82, 2.24) is 5.32 Å². The van der Waals surface area contributed by atoms with Gasteiger partial charge in [0, 0.05) is 5.75 Å². The minimum Gasteiger partial charge on any atom is -0.480 e. The van der Waals surface area contributed by atoms with Crippen LogP contribution in [0.15, 0.2) is 0 Å². The molecule has 0 unspecified atom stereocenters. The molecule has 2 atom stereocenters. The van der Waals surface area contributed by atoms with E-state index in [-0.39, 0.29) is 35.3 Å². The molecule has 5 nitrogen and oxygen atoms in total. The fraction of sp³-hybridized carbons (Fsp3) is 0.667. The van der Waals surface area contributed by atoms with Gasteiger partial charge in [0.2, 0.25) is 0 Å². The number of carboxylic acid groups (broad SMARTS) is 2. The summed E-state index contributed by atoms with van der Waals surface area (Å²) in [6.07, 6.45) is 0. The zero-order valence-electron chi connectivity index (χ0n) is 7.40. The van der Waals surface area contributed by atoms with Crippen LogP contribution in [0.5, 0.6) is 0 Å². The first kappa shape index (κ1) is 13.2. The van der Waals surface area contributed by atoms with E-state index < -0.39 is 22.9 Å². The molecule has 0 spiro atoms. The largest absolute Gasteiger partial charge is 1.00 e. The van der Waals surface area contributed by atoms with Gasteiger partial charge in [-0.05, 0) is 6.92 Å². The SMILES string of the molecule is C[C@]1(C(=O)O)N[C@H](C(=O)O)CS1.[Na+]. The fourth-order valence-electron chi connectivity index (χ4n) is 0.922. The minimum atomic E-state index is -1.15. The summed E-state index contributed by atoms with van der Waals surface area (Å²) in [6, 6.07) is -0.754. The molecule has 0 saturated carbocycles. The number of carboxylic acids is 2. The fourth-order valence-corrected chi connectivity index (χ4v) is 2.00. The first-order chi connectivity index (χ1) is 5.46. The third kappa shape index (κ3) is 2.85. The molecule has 1 rings (SSSR count). The number of nitrogens with one attached hydrogen (secondary N) is 1. The number of hydrogen-bond acceptors (Lipinski definition) is 4. The van der Waals surface area contributed by atoms with Gasteiger partial charge in [0.05, 0.1) is 0 Å². The molecule has 68 valence electrons. The zero-order chi connectivity index (χ0) is 9.35. The van der Waals surface area contributed by atoms with E-state index in [0.717, 1.165) is 11.8 Å². The maximum absolute atomic E-state index is 10.6. The molecule has 0 bridgehead atoms. The molecule has 1 aliphatic rings. The standard InChI is InChI=1S/C6H9NO4S.Na/c1-6(5(10)11)7-3(2-12-6)4(8)9;/h3,7H,2H2,1H3,(H,8,9)(H,10,11);/q;+1/t3-,6-;/m0./s1. The number of rotatable bonds is 2. The first-order valence-electron chi connectivity index (χ1n) is 3.33. The molecule has 0 aliphatic carbocycles. The van der Waals surface area contributed by atoms with Crippen LogP contribution in [-0.2, 0) is 9.59 Å². The molecule has 0 aromatic heterocycles. The molecule has 0 amide bonds. The Morgan fingerprint density at radius 3 is 2.31 bits per heavy atom. The Balaban J connectivity index is 0.00000144.